The predicted molar refractivity (Wildman–Crippen MR) is 258 cm³/mol. The average molecular weight is 807 g/mol. The quantitative estimate of drug-likeness (QED) is 0.162. The van der Waals surface area contributed by atoms with Gasteiger partial charge >= 0.3 is 0 Å². The third kappa shape index (κ3) is 6.24. The standard InChI is InChI=1S/C55H59BN2OS/c1-52(2,3)34-19-24-37(25-20-34)57-44-16-14-17-45-39(44)29-30-56(43-31-36(54(7,8)9)23-28-46(43)57)51-50(58(45)38-26-21-35(22-27-38)53(4,5)6)40-32-49-42(33-47(40)59-51)55(10,11)41-15-12-13-18-48(41)60-49/h12-16,18-28,31-33,45H,17,29-30H2,1-11H3. The minimum Gasteiger partial charge on any atom is -0.469 e. The summed E-state index contributed by atoms with van der Waals surface area (Å²) in [7, 11) is 0. The van der Waals surface area contributed by atoms with Gasteiger partial charge in [-0.1, -0.05) is 155 Å². The number of benzene rings is 5. The van der Waals surface area contributed by atoms with Gasteiger partial charge in [-0.25, -0.2) is 0 Å². The molecule has 304 valence electrons. The molecule has 10 rings (SSSR count). The van der Waals surface area contributed by atoms with Crippen molar-refractivity contribution in [1.29, 1.82) is 0 Å². The molecular weight excluding hydrogens is 747 g/mol. The van der Waals surface area contributed by atoms with Gasteiger partial charge in [-0.05, 0) is 123 Å². The number of allylic oxidation sites excluding steroid dienone is 1. The molecule has 5 aromatic carbocycles. The van der Waals surface area contributed by atoms with Crippen molar-refractivity contribution in [3.63, 3.8) is 0 Å². The summed E-state index contributed by atoms with van der Waals surface area (Å²) in [5.41, 5.74) is 17.8. The fourth-order valence-electron chi connectivity index (χ4n) is 10.4. The van der Waals surface area contributed by atoms with E-state index in [1.165, 1.54) is 82.5 Å². The number of anilines is 4. The van der Waals surface area contributed by atoms with Crippen LogP contribution in [-0.4, -0.2) is 12.8 Å². The first-order chi connectivity index (χ1) is 28.4. The molecule has 1 unspecified atom stereocenters. The van der Waals surface area contributed by atoms with Crippen molar-refractivity contribution in [3.05, 3.63) is 154 Å². The fraction of sp³-hybridized carbons (Fsp3) is 0.345. The molecule has 3 aliphatic heterocycles. The first-order valence-corrected chi connectivity index (χ1v) is 22.9. The van der Waals surface area contributed by atoms with Crippen LogP contribution < -0.4 is 20.9 Å². The molecule has 4 aliphatic rings. The molecule has 2 bridgehead atoms. The van der Waals surface area contributed by atoms with Crippen LogP contribution in [0.5, 0.6) is 0 Å². The van der Waals surface area contributed by atoms with E-state index >= 15 is 0 Å². The Morgan fingerprint density at radius 3 is 1.98 bits per heavy atom. The van der Waals surface area contributed by atoms with E-state index in [1.807, 2.05) is 11.8 Å². The first kappa shape index (κ1) is 39.3. The molecule has 3 nitrogen and oxygen atoms in total. The summed E-state index contributed by atoms with van der Waals surface area (Å²) in [5, 5.41) is 1.21. The molecule has 0 radical (unpaired) electrons. The zero-order chi connectivity index (χ0) is 42.1. The van der Waals surface area contributed by atoms with Gasteiger partial charge in [0.05, 0.1) is 17.4 Å². The van der Waals surface area contributed by atoms with Crippen molar-refractivity contribution >= 4 is 63.3 Å². The van der Waals surface area contributed by atoms with E-state index < -0.39 is 0 Å². The number of furan rings is 1. The largest absolute Gasteiger partial charge is 0.469 e. The molecule has 6 aromatic rings. The van der Waals surface area contributed by atoms with Crippen LogP contribution in [0.3, 0.4) is 0 Å². The van der Waals surface area contributed by atoms with Crippen LogP contribution in [0.25, 0.3) is 11.0 Å². The van der Waals surface area contributed by atoms with E-state index in [4.69, 9.17) is 4.42 Å². The van der Waals surface area contributed by atoms with Crippen LogP contribution in [0, 0.1) is 0 Å². The topological polar surface area (TPSA) is 19.6 Å². The van der Waals surface area contributed by atoms with Gasteiger partial charge in [-0.2, -0.15) is 0 Å². The maximum absolute atomic E-state index is 7.54. The first-order valence-electron chi connectivity index (χ1n) is 22.1. The molecular formula is C55H59BN2OS. The molecule has 1 aromatic heterocycles. The van der Waals surface area contributed by atoms with Crippen LogP contribution in [0.1, 0.15) is 117 Å². The van der Waals surface area contributed by atoms with E-state index in [0.29, 0.717) is 0 Å². The van der Waals surface area contributed by atoms with E-state index in [9.17, 15) is 0 Å². The predicted octanol–water partition coefficient (Wildman–Crippen LogP) is 14.0. The Bertz CT molecular complexity index is 2750. The van der Waals surface area contributed by atoms with Crippen molar-refractivity contribution in [2.45, 2.75) is 133 Å². The third-order valence-corrected chi connectivity index (χ3v) is 15.1. The van der Waals surface area contributed by atoms with Crippen LogP contribution in [-0.2, 0) is 21.7 Å². The Morgan fingerprint density at radius 1 is 0.683 bits per heavy atom. The Balaban J connectivity index is 1.29. The van der Waals surface area contributed by atoms with E-state index in [1.54, 1.807) is 0 Å². The second-order valence-electron chi connectivity index (χ2n) is 21.4. The van der Waals surface area contributed by atoms with Crippen molar-refractivity contribution in [1.82, 2.24) is 0 Å². The fourth-order valence-corrected chi connectivity index (χ4v) is 11.8. The molecule has 60 heavy (non-hydrogen) atoms. The maximum atomic E-state index is 7.54. The molecule has 0 spiro atoms. The van der Waals surface area contributed by atoms with Crippen LogP contribution in [0.2, 0.25) is 6.32 Å². The van der Waals surface area contributed by atoms with Crippen molar-refractivity contribution in [3.8, 4) is 0 Å². The van der Waals surface area contributed by atoms with E-state index in [2.05, 4.69) is 201 Å². The summed E-state index contributed by atoms with van der Waals surface area (Å²) < 4.78 is 7.54. The second kappa shape index (κ2) is 13.6. The highest BCUT2D eigenvalue weighted by Crippen LogP contribution is 2.53. The Morgan fingerprint density at radius 2 is 1.32 bits per heavy atom. The molecule has 0 N–H and O–H groups in total. The number of nitrogens with zero attached hydrogens (tertiary/aromatic N) is 2. The summed E-state index contributed by atoms with van der Waals surface area (Å²) in [4.78, 5) is 7.94. The number of fused-ring (bicyclic) bond motifs is 10. The van der Waals surface area contributed by atoms with Gasteiger partial charge < -0.3 is 14.2 Å². The van der Waals surface area contributed by atoms with E-state index in [-0.39, 0.29) is 34.4 Å². The Hall–Kier alpha value is -4.87. The lowest BCUT2D eigenvalue weighted by molar-refractivity contribution is 0.590. The SMILES string of the molecule is CC(C)(C)c1ccc(N2C3=C4CCB(c5cc(C(C)(C)C)ccc52)c2oc5cc6c(cc5c2N(c2ccc(C(C)(C)C)cc2)C4CC=C3)Sc2ccccc2C6(C)C)cc1. The van der Waals surface area contributed by atoms with Gasteiger partial charge in [0, 0.05) is 43.4 Å². The lowest BCUT2D eigenvalue weighted by Gasteiger charge is -2.44. The summed E-state index contributed by atoms with van der Waals surface area (Å²) in [6.07, 6.45) is 7.74. The minimum atomic E-state index is -0.159. The summed E-state index contributed by atoms with van der Waals surface area (Å²) in [5.74, 6) is 0. The smallest absolute Gasteiger partial charge is 0.261 e. The Kier molecular flexibility index (Phi) is 8.88. The zero-order valence-corrected chi connectivity index (χ0v) is 38.3. The third-order valence-electron chi connectivity index (χ3n) is 13.9. The summed E-state index contributed by atoms with van der Waals surface area (Å²) >= 11 is 1.91. The zero-order valence-electron chi connectivity index (χ0n) is 37.5. The second-order valence-corrected chi connectivity index (χ2v) is 22.4. The minimum absolute atomic E-state index is 0.0210. The average Bonchev–Trinajstić information content (AvgIpc) is 3.53. The molecule has 4 heterocycles. The van der Waals surface area contributed by atoms with Crippen LogP contribution >= 0.6 is 11.8 Å². The number of rotatable bonds is 2. The molecule has 1 atom stereocenters. The van der Waals surface area contributed by atoms with Gasteiger partial charge in [0.25, 0.3) is 6.71 Å². The Labute approximate surface area is 363 Å². The number of hydrogen-bond donors (Lipinski definition) is 0. The highest BCUT2D eigenvalue weighted by atomic mass is 32.2. The van der Waals surface area contributed by atoms with Gasteiger partial charge in [0.1, 0.15) is 5.58 Å². The maximum Gasteiger partial charge on any atom is 0.261 e. The van der Waals surface area contributed by atoms with E-state index in [0.717, 1.165) is 30.4 Å². The summed E-state index contributed by atoms with van der Waals surface area (Å²) in [6, 6.07) is 40.1. The molecule has 0 saturated heterocycles. The summed E-state index contributed by atoms with van der Waals surface area (Å²) in [6.45, 7) is 25.6. The van der Waals surface area contributed by atoms with Crippen molar-refractivity contribution in [2.24, 2.45) is 0 Å². The van der Waals surface area contributed by atoms with Gasteiger partial charge in [0.2, 0.25) is 0 Å². The highest BCUT2D eigenvalue weighted by molar-refractivity contribution is 7.99. The molecule has 1 aliphatic carbocycles. The molecule has 0 saturated carbocycles. The monoisotopic (exact) mass is 806 g/mol. The molecule has 0 amide bonds. The van der Waals surface area contributed by atoms with Gasteiger partial charge in [-0.15, -0.1) is 0 Å². The molecule has 5 heteroatoms. The highest BCUT2D eigenvalue weighted by Gasteiger charge is 2.44. The van der Waals surface area contributed by atoms with Gasteiger partial charge in [-0.3, -0.25) is 0 Å². The molecule has 0 fully saturated rings. The van der Waals surface area contributed by atoms with Crippen LogP contribution in [0.4, 0.5) is 22.7 Å². The van der Waals surface area contributed by atoms with Crippen molar-refractivity contribution < 1.29 is 4.42 Å². The normalized spacial score (nSPS) is 18.4. The van der Waals surface area contributed by atoms with Crippen molar-refractivity contribution in [2.75, 3.05) is 9.80 Å². The van der Waals surface area contributed by atoms with Crippen LogP contribution in [0.15, 0.2) is 141 Å². The lowest BCUT2D eigenvalue weighted by atomic mass is 9.38. The number of hydrogen-bond acceptors (Lipinski definition) is 4. The van der Waals surface area contributed by atoms with Gasteiger partial charge in [0.15, 0.2) is 0 Å². The lowest BCUT2D eigenvalue weighted by Crippen LogP contribution is -2.51.